The van der Waals surface area contributed by atoms with Crippen molar-refractivity contribution in [2.45, 2.75) is 65.6 Å². The summed E-state index contributed by atoms with van der Waals surface area (Å²) in [4.78, 5) is 0. The van der Waals surface area contributed by atoms with E-state index in [1.807, 2.05) is 11.6 Å². The minimum Gasteiger partial charge on any atom is -0.310 e. The van der Waals surface area contributed by atoms with Crippen LogP contribution in [0.4, 0.5) is 0 Å². The predicted octanol–water partition coefficient (Wildman–Crippen LogP) is 2.14. The molecule has 1 aromatic rings. The van der Waals surface area contributed by atoms with Crippen LogP contribution >= 0.6 is 0 Å². The van der Waals surface area contributed by atoms with Crippen molar-refractivity contribution in [3.8, 4) is 0 Å². The molecule has 1 saturated heterocycles. The van der Waals surface area contributed by atoms with Crippen LogP contribution in [0.3, 0.4) is 0 Å². The van der Waals surface area contributed by atoms with E-state index in [4.69, 9.17) is 0 Å². The average molecular weight is 313 g/mol. The Morgan fingerprint density at radius 2 is 2.00 bits per heavy atom. The number of hydrogen-bond donors (Lipinski definition) is 1. The Bertz CT molecular complexity index is 588. The van der Waals surface area contributed by atoms with Crippen molar-refractivity contribution in [3.05, 3.63) is 17.0 Å². The third-order valence-electron chi connectivity index (χ3n) is 4.58. The van der Waals surface area contributed by atoms with Gasteiger partial charge in [-0.15, -0.1) is 0 Å². The van der Waals surface area contributed by atoms with Gasteiger partial charge >= 0.3 is 0 Å². The summed E-state index contributed by atoms with van der Waals surface area (Å²) in [6.07, 6.45) is 2.91. The van der Waals surface area contributed by atoms with Crippen molar-refractivity contribution in [1.82, 2.24) is 15.1 Å². The summed E-state index contributed by atoms with van der Waals surface area (Å²) in [5.74, 6) is 0.520. The standard InChI is InChI=1S/C15H27N3O2S/c1-5-13(6-2)16-9-15-11(3)17-18(12(15)4)14-7-8-21(19,20)10-14/h13-14,16H,5-10H2,1-4H3. The highest BCUT2D eigenvalue weighted by molar-refractivity contribution is 7.91. The number of aromatic nitrogens is 2. The first kappa shape index (κ1) is 16.5. The first-order valence-corrected chi connectivity index (χ1v) is 9.68. The van der Waals surface area contributed by atoms with Gasteiger partial charge in [-0.3, -0.25) is 4.68 Å². The smallest absolute Gasteiger partial charge is 0.152 e. The van der Waals surface area contributed by atoms with Gasteiger partial charge in [0.15, 0.2) is 9.84 Å². The molecule has 0 bridgehead atoms. The molecule has 1 aromatic heterocycles. The molecule has 1 aliphatic rings. The molecule has 1 unspecified atom stereocenters. The van der Waals surface area contributed by atoms with E-state index in [1.165, 1.54) is 5.56 Å². The number of rotatable bonds is 6. The second kappa shape index (κ2) is 6.48. The highest BCUT2D eigenvalue weighted by atomic mass is 32.2. The van der Waals surface area contributed by atoms with Gasteiger partial charge < -0.3 is 5.32 Å². The number of sulfone groups is 1. The normalized spacial score (nSPS) is 21.3. The molecule has 0 aromatic carbocycles. The lowest BCUT2D eigenvalue weighted by molar-refractivity contribution is 0.476. The Morgan fingerprint density at radius 3 is 2.52 bits per heavy atom. The van der Waals surface area contributed by atoms with Gasteiger partial charge in [-0.1, -0.05) is 13.8 Å². The molecule has 0 radical (unpaired) electrons. The third kappa shape index (κ3) is 3.66. The largest absolute Gasteiger partial charge is 0.310 e. The molecule has 0 saturated carbocycles. The van der Waals surface area contributed by atoms with Gasteiger partial charge in [-0.2, -0.15) is 5.10 Å². The van der Waals surface area contributed by atoms with Crippen LogP contribution in [-0.4, -0.2) is 35.7 Å². The van der Waals surface area contributed by atoms with Crippen molar-refractivity contribution in [2.24, 2.45) is 0 Å². The molecule has 21 heavy (non-hydrogen) atoms. The van der Waals surface area contributed by atoms with Crippen molar-refractivity contribution < 1.29 is 8.42 Å². The number of nitrogens with one attached hydrogen (secondary N) is 1. The molecular formula is C15H27N3O2S. The average Bonchev–Trinajstić information content (AvgIpc) is 2.92. The fourth-order valence-corrected chi connectivity index (χ4v) is 4.79. The zero-order valence-corrected chi connectivity index (χ0v) is 14.3. The molecule has 0 aliphatic carbocycles. The van der Waals surface area contributed by atoms with Gasteiger partial charge in [0, 0.05) is 23.8 Å². The van der Waals surface area contributed by atoms with Crippen molar-refractivity contribution in [2.75, 3.05) is 11.5 Å². The van der Waals surface area contributed by atoms with E-state index >= 15 is 0 Å². The minimum atomic E-state index is -2.87. The van der Waals surface area contributed by atoms with Crippen LogP contribution in [-0.2, 0) is 16.4 Å². The second-order valence-corrected chi connectivity index (χ2v) is 8.27. The minimum absolute atomic E-state index is 0.00981. The maximum Gasteiger partial charge on any atom is 0.152 e. The molecule has 0 spiro atoms. The van der Waals surface area contributed by atoms with Crippen molar-refractivity contribution in [3.63, 3.8) is 0 Å². The first-order chi connectivity index (χ1) is 9.88. The quantitative estimate of drug-likeness (QED) is 0.874. The number of hydrogen-bond acceptors (Lipinski definition) is 4. The highest BCUT2D eigenvalue weighted by Crippen LogP contribution is 2.26. The van der Waals surface area contributed by atoms with Crippen LogP contribution in [0.2, 0.25) is 0 Å². The lowest BCUT2D eigenvalue weighted by atomic mass is 10.1. The van der Waals surface area contributed by atoms with E-state index in [0.29, 0.717) is 12.5 Å². The van der Waals surface area contributed by atoms with E-state index in [-0.39, 0.29) is 17.5 Å². The monoisotopic (exact) mass is 313 g/mol. The first-order valence-electron chi connectivity index (χ1n) is 7.86. The van der Waals surface area contributed by atoms with Crippen LogP contribution in [0, 0.1) is 13.8 Å². The lowest BCUT2D eigenvalue weighted by Gasteiger charge is -2.15. The summed E-state index contributed by atoms with van der Waals surface area (Å²) in [5, 5.41) is 8.17. The molecular weight excluding hydrogens is 286 g/mol. The summed E-state index contributed by atoms with van der Waals surface area (Å²) < 4.78 is 25.2. The molecule has 2 rings (SSSR count). The van der Waals surface area contributed by atoms with E-state index < -0.39 is 9.84 Å². The summed E-state index contributed by atoms with van der Waals surface area (Å²) >= 11 is 0. The summed E-state index contributed by atoms with van der Waals surface area (Å²) in [6.45, 7) is 9.25. The SMILES string of the molecule is CCC(CC)NCc1c(C)nn(C2CCS(=O)(=O)C2)c1C. The Morgan fingerprint density at radius 1 is 1.33 bits per heavy atom. The fourth-order valence-electron chi connectivity index (χ4n) is 3.10. The number of nitrogens with zero attached hydrogens (tertiary/aromatic N) is 2. The van der Waals surface area contributed by atoms with E-state index in [2.05, 4.69) is 31.2 Å². The molecule has 1 fully saturated rings. The fraction of sp³-hybridized carbons (Fsp3) is 0.800. The Kier molecular flexibility index (Phi) is 5.09. The van der Waals surface area contributed by atoms with E-state index in [9.17, 15) is 8.42 Å². The molecule has 120 valence electrons. The van der Waals surface area contributed by atoms with Crippen LogP contribution in [0.1, 0.15) is 56.1 Å². The molecule has 0 amide bonds. The molecule has 1 aliphatic heterocycles. The molecule has 6 heteroatoms. The summed E-state index contributed by atoms with van der Waals surface area (Å²) in [6, 6.07) is 0.537. The lowest BCUT2D eigenvalue weighted by Crippen LogP contribution is -2.27. The van der Waals surface area contributed by atoms with Crippen LogP contribution in [0.15, 0.2) is 0 Å². The molecule has 1 N–H and O–H groups in total. The Hall–Kier alpha value is -0.880. The van der Waals surface area contributed by atoms with Gasteiger partial charge in [-0.25, -0.2) is 8.42 Å². The molecule has 1 atom stereocenters. The highest BCUT2D eigenvalue weighted by Gasteiger charge is 2.31. The van der Waals surface area contributed by atoms with Crippen LogP contribution < -0.4 is 5.32 Å². The van der Waals surface area contributed by atoms with Gasteiger partial charge in [0.1, 0.15) is 0 Å². The zero-order chi connectivity index (χ0) is 15.6. The third-order valence-corrected chi connectivity index (χ3v) is 6.33. The van der Waals surface area contributed by atoms with E-state index in [1.54, 1.807) is 0 Å². The maximum absolute atomic E-state index is 11.7. The van der Waals surface area contributed by atoms with E-state index in [0.717, 1.165) is 30.8 Å². The van der Waals surface area contributed by atoms with Gasteiger partial charge in [0.2, 0.25) is 0 Å². The summed E-state index contributed by atoms with van der Waals surface area (Å²) in [5.41, 5.74) is 3.33. The topological polar surface area (TPSA) is 64.0 Å². The molecule has 5 nitrogen and oxygen atoms in total. The van der Waals surface area contributed by atoms with Gasteiger partial charge in [-0.05, 0) is 33.1 Å². The maximum atomic E-state index is 11.7. The van der Waals surface area contributed by atoms with Crippen LogP contribution in [0.5, 0.6) is 0 Å². The van der Waals surface area contributed by atoms with Crippen molar-refractivity contribution in [1.29, 1.82) is 0 Å². The predicted molar refractivity (Wildman–Crippen MR) is 85.2 cm³/mol. The Labute approximate surface area is 128 Å². The summed E-state index contributed by atoms with van der Waals surface area (Å²) in [7, 11) is -2.87. The Balaban J connectivity index is 2.14. The zero-order valence-electron chi connectivity index (χ0n) is 13.5. The second-order valence-electron chi connectivity index (χ2n) is 6.05. The van der Waals surface area contributed by atoms with Crippen LogP contribution in [0.25, 0.3) is 0 Å². The molecule has 2 heterocycles. The number of aryl methyl sites for hydroxylation is 1. The van der Waals surface area contributed by atoms with Gasteiger partial charge in [0.25, 0.3) is 0 Å². The van der Waals surface area contributed by atoms with Crippen molar-refractivity contribution >= 4 is 9.84 Å². The van der Waals surface area contributed by atoms with Gasteiger partial charge in [0.05, 0.1) is 23.2 Å².